The molecule has 29 heavy (non-hydrogen) atoms. The second-order valence-electron chi connectivity index (χ2n) is 7.28. The van der Waals surface area contributed by atoms with E-state index in [4.69, 9.17) is 9.47 Å². The van der Waals surface area contributed by atoms with Gasteiger partial charge in [0.15, 0.2) is 0 Å². The molecule has 3 aromatic rings. The molecule has 4 heteroatoms. The van der Waals surface area contributed by atoms with Gasteiger partial charge in [-0.15, -0.1) is 0 Å². The fraction of sp³-hybridized carbons (Fsp3) is 0.280. The van der Waals surface area contributed by atoms with Crippen LogP contribution in [0.1, 0.15) is 5.56 Å². The third-order valence-electron chi connectivity index (χ3n) is 4.66. The average molecular weight is 392 g/mol. The standard InChI is InChI=1S/C25H29NO3/c1-20-7-6-10-25(17-20)28-16-15-26(2)18-23(27)19-29-24-13-11-22(12-14-24)21-8-4-3-5-9-21/h3-14,17,23,27H,15-16,18-19H2,1-2H3. The van der Waals surface area contributed by atoms with E-state index >= 15 is 0 Å². The minimum absolute atomic E-state index is 0.258. The van der Waals surface area contributed by atoms with Gasteiger partial charge in [0.05, 0.1) is 0 Å². The van der Waals surface area contributed by atoms with Crippen molar-refractivity contribution < 1.29 is 14.6 Å². The van der Waals surface area contributed by atoms with Crippen LogP contribution in [0.4, 0.5) is 0 Å². The zero-order chi connectivity index (χ0) is 20.5. The number of aryl methyl sites for hydroxylation is 1. The van der Waals surface area contributed by atoms with Crippen molar-refractivity contribution in [2.75, 3.05) is 33.4 Å². The van der Waals surface area contributed by atoms with Crippen molar-refractivity contribution in [3.05, 3.63) is 84.4 Å². The van der Waals surface area contributed by atoms with Crippen LogP contribution >= 0.6 is 0 Å². The van der Waals surface area contributed by atoms with E-state index in [1.165, 1.54) is 11.1 Å². The smallest absolute Gasteiger partial charge is 0.119 e. The van der Waals surface area contributed by atoms with Crippen LogP contribution in [0.25, 0.3) is 11.1 Å². The van der Waals surface area contributed by atoms with Gasteiger partial charge in [0.2, 0.25) is 0 Å². The lowest BCUT2D eigenvalue weighted by Gasteiger charge is -2.21. The molecule has 0 saturated heterocycles. The second-order valence-corrected chi connectivity index (χ2v) is 7.28. The molecule has 3 aromatic carbocycles. The highest BCUT2D eigenvalue weighted by Crippen LogP contribution is 2.22. The first kappa shape index (κ1) is 20.9. The molecule has 0 saturated carbocycles. The lowest BCUT2D eigenvalue weighted by Crippen LogP contribution is -2.35. The van der Waals surface area contributed by atoms with Crippen molar-refractivity contribution in [1.82, 2.24) is 4.90 Å². The summed E-state index contributed by atoms with van der Waals surface area (Å²) in [5.74, 6) is 1.63. The number of ether oxygens (including phenoxy) is 2. The van der Waals surface area contributed by atoms with Gasteiger partial charge in [0.25, 0.3) is 0 Å². The summed E-state index contributed by atoms with van der Waals surface area (Å²) in [6.07, 6.45) is -0.562. The van der Waals surface area contributed by atoms with Gasteiger partial charge in [0, 0.05) is 13.1 Å². The summed E-state index contributed by atoms with van der Waals surface area (Å²) in [7, 11) is 1.97. The second kappa shape index (κ2) is 10.6. The first-order valence-corrected chi connectivity index (χ1v) is 9.94. The largest absolute Gasteiger partial charge is 0.492 e. The molecule has 0 aliphatic heterocycles. The molecule has 4 nitrogen and oxygen atoms in total. The predicted octanol–water partition coefficient (Wildman–Crippen LogP) is 4.41. The number of hydrogen-bond acceptors (Lipinski definition) is 4. The third-order valence-corrected chi connectivity index (χ3v) is 4.66. The van der Waals surface area contributed by atoms with Crippen LogP contribution in [0.3, 0.4) is 0 Å². The van der Waals surface area contributed by atoms with E-state index in [1.54, 1.807) is 0 Å². The maximum Gasteiger partial charge on any atom is 0.119 e. The summed E-state index contributed by atoms with van der Waals surface area (Å²) in [4.78, 5) is 2.04. The maximum atomic E-state index is 10.3. The molecule has 0 aliphatic rings. The molecular formula is C25H29NO3. The third kappa shape index (κ3) is 6.93. The normalized spacial score (nSPS) is 12.0. The van der Waals surface area contributed by atoms with Gasteiger partial charge in [0.1, 0.15) is 30.8 Å². The number of benzene rings is 3. The number of aliphatic hydroxyl groups excluding tert-OH is 1. The molecular weight excluding hydrogens is 362 g/mol. The summed E-state index contributed by atoms with van der Waals surface area (Å²) in [6.45, 7) is 4.14. The Morgan fingerprint density at radius 3 is 2.28 bits per heavy atom. The molecule has 0 aromatic heterocycles. The van der Waals surface area contributed by atoms with Crippen molar-refractivity contribution in [3.63, 3.8) is 0 Å². The van der Waals surface area contributed by atoms with Gasteiger partial charge in [-0.05, 0) is 54.9 Å². The number of rotatable bonds is 10. The minimum atomic E-state index is -0.562. The zero-order valence-corrected chi connectivity index (χ0v) is 17.1. The van der Waals surface area contributed by atoms with Crippen LogP contribution in [0.2, 0.25) is 0 Å². The highest BCUT2D eigenvalue weighted by Gasteiger charge is 2.10. The summed E-state index contributed by atoms with van der Waals surface area (Å²) in [5, 5.41) is 10.3. The van der Waals surface area contributed by atoms with Crippen molar-refractivity contribution >= 4 is 0 Å². The maximum absolute atomic E-state index is 10.3. The lowest BCUT2D eigenvalue weighted by atomic mass is 10.1. The summed E-state index contributed by atoms with van der Waals surface area (Å²) in [6, 6.07) is 26.2. The summed E-state index contributed by atoms with van der Waals surface area (Å²) >= 11 is 0. The highest BCUT2D eigenvalue weighted by molar-refractivity contribution is 5.63. The molecule has 1 atom stereocenters. The fourth-order valence-electron chi connectivity index (χ4n) is 3.09. The average Bonchev–Trinajstić information content (AvgIpc) is 2.73. The van der Waals surface area contributed by atoms with Crippen molar-refractivity contribution in [2.45, 2.75) is 13.0 Å². The Labute approximate surface area is 173 Å². The van der Waals surface area contributed by atoms with E-state index in [9.17, 15) is 5.11 Å². The van der Waals surface area contributed by atoms with Crippen LogP contribution in [-0.2, 0) is 0 Å². The molecule has 0 spiro atoms. The van der Waals surface area contributed by atoms with Crippen LogP contribution in [0.5, 0.6) is 11.5 Å². The lowest BCUT2D eigenvalue weighted by molar-refractivity contribution is 0.0723. The Morgan fingerprint density at radius 1 is 0.828 bits per heavy atom. The summed E-state index contributed by atoms with van der Waals surface area (Å²) in [5.41, 5.74) is 3.50. The molecule has 0 heterocycles. The Kier molecular flexibility index (Phi) is 7.68. The fourth-order valence-corrected chi connectivity index (χ4v) is 3.09. The quantitative estimate of drug-likeness (QED) is 0.556. The van der Waals surface area contributed by atoms with Gasteiger partial charge in [-0.25, -0.2) is 0 Å². The van der Waals surface area contributed by atoms with Gasteiger partial charge in [-0.3, -0.25) is 0 Å². The van der Waals surface area contributed by atoms with E-state index in [-0.39, 0.29) is 6.61 Å². The van der Waals surface area contributed by atoms with Crippen LogP contribution in [-0.4, -0.2) is 49.5 Å². The van der Waals surface area contributed by atoms with Crippen LogP contribution < -0.4 is 9.47 Å². The molecule has 1 N–H and O–H groups in total. The van der Waals surface area contributed by atoms with E-state index < -0.39 is 6.10 Å². The van der Waals surface area contributed by atoms with E-state index in [2.05, 4.69) is 12.1 Å². The van der Waals surface area contributed by atoms with Crippen molar-refractivity contribution in [1.29, 1.82) is 0 Å². The topological polar surface area (TPSA) is 41.9 Å². The highest BCUT2D eigenvalue weighted by atomic mass is 16.5. The molecule has 152 valence electrons. The SMILES string of the molecule is Cc1cccc(OCCN(C)CC(O)COc2ccc(-c3ccccc3)cc2)c1. The Morgan fingerprint density at radius 2 is 1.55 bits per heavy atom. The molecule has 0 radical (unpaired) electrons. The predicted molar refractivity (Wildman–Crippen MR) is 118 cm³/mol. The van der Waals surface area contributed by atoms with Gasteiger partial charge < -0.3 is 19.5 Å². The van der Waals surface area contributed by atoms with Crippen molar-refractivity contribution in [2.24, 2.45) is 0 Å². The van der Waals surface area contributed by atoms with E-state index in [0.717, 1.165) is 23.6 Å². The molecule has 3 rings (SSSR count). The molecule has 0 fully saturated rings. The van der Waals surface area contributed by atoms with Crippen LogP contribution in [0, 0.1) is 6.92 Å². The first-order valence-electron chi connectivity index (χ1n) is 9.94. The Bertz CT molecular complexity index is 865. The van der Waals surface area contributed by atoms with Crippen molar-refractivity contribution in [3.8, 4) is 22.6 Å². The van der Waals surface area contributed by atoms with Gasteiger partial charge in [-0.1, -0.05) is 54.6 Å². The molecule has 0 bridgehead atoms. The van der Waals surface area contributed by atoms with Gasteiger partial charge >= 0.3 is 0 Å². The molecule has 0 amide bonds. The minimum Gasteiger partial charge on any atom is -0.492 e. The van der Waals surface area contributed by atoms with E-state index in [0.29, 0.717) is 13.2 Å². The zero-order valence-electron chi connectivity index (χ0n) is 17.1. The Balaban J connectivity index is 1.37. The monoisotopic (exact) mass is 391 g/mol. The molecule has 0 aliphatic carbocycles. The van der Waals surface area contributed by atoms with E-state index in [1.807, 2.05) is 85.6 Å². The first-order chi connectivity index (χ1) is 14.1. The van der Waals surface area contributed by atoms with Gasteiger partial charge in [-0.2, -0.15) is 0 Å². The Hall–Kier alpha value is -2.82. The number of likely N-dealkylation sites (N-methyl/N-ethyl adjacent to an activating group) is 1. The summed E-state index contributed by atoms with van der Waals surface area (Å²) < 4.78 is 11.5. The van der Waals surface area contributed by atoms with Crippen LogP contribution in [0.15, 0.2) is 78.9 Å². The number of nitrogens with zero attached hydrogens (tertiary/aromatic N) is 1. The molecule has 1 unspecified atom stereocenters. The number of aliphatic hydroxyl groups is 1. The number of hydrogen-bond donors (Lipinski definition) is 1.